The highest BCUT2D eigenvalue weighted by Gasteiger charge is 2.25. The molecule has 116 valence electrons. The number of thioether (sulfide) groups is 1. The summed E-state index contributed by atoms with van der Waals surface area (Å²) in [7, 11) is 0. The van der Waals surface area contributed by atoms with Gasteiger partial charge in [-0.25, -0.2) is 9.78 Å². The van der Waals surface area contributed by atoms with Crippen molar-refractivity contribution >= 4 is 23.6 Å². The van der Waals surface area contributed by atoms with Crippen molar-refractivity contribution in [1.82, 2.24) is 10.3 Å². The minimum atomic E-state index is -1.34. The summed E-state index contributed by atoms with van der Waals surface area (Å²) in [6.07, 6.45) is 0.318. The molecule has 7 heteroatoms. The third-order valence-electron chi connectivity index (χ3n) is 2.44. The molecule has 0 saturated carbocycles. The van der Waals surface area contributed by atoms with E-state index in [0.717, 1.165) is 0 Å². The summed E-state index contributed by atoms with van der Waals surface area (Å²) in [5.74, 6) is -1.84. The Kier molecular flexibility index (Phi) is 5.74. The Balaban J connectivity index is 2.88. The van der Waals surface area contributed by atoms with Crippen LogP contribution in [0.25, 0.3) is 0 Å². The van der Waals surface area contributed by atoms with Gasteiger partial charge in [0.1, 0.15) is 0 Å². The molecule has 1 amide bonds. The maximum atomic E-state index is 12.1. The number of nitrogens with one attached hydrogen (secondary N) is 1. The Morgan fingerprint density at radius 3 is 2.48 bits per heavy atom. The number of rotatable bonds is 5. The van der Waals surface area contributed by atoms with E-state index in [-0.39, 0.29) is 4.75 Å². The van der Waals surface area contributed by atoms with Crippen molar-refractivity contribution in [2.24, 2.45) is 0 Å². The molecular weight excluding hydrogens is 292 g/mol. The van der Waals surface area contributed by atoms with Gasteiger partial charge in [-0.05, 0) is 19.1 Å². The largest absolute Gasteiger partial charge is 0.480 e. The average Bonchev–Trinajstić information content (AvgIpc) is 2.33. The number of aliphatic carboxylic acids is 1. The molecule has 1 aromatic heterocycles. The van der Waals surface area contributed by atoms with E-state index in [4.69, 9.17) is 5.11 Å². The number of carbonyl (C=O) groups excluding carboxylic acids is 1. The van der Waals surface area contributed by atoms with Crippen LogP contribution in [-0.2, 0) is 4.79 Å². The quantitative estimate of drug-likeness (QED) is 0.713. The molecule has 0 radical (unpaired) electrons. The lowest BCUT2D eigenvalue weighted by Gasteiger charge is -2.18. The van der Waals surface area contributed by atoms with Gasteiger partial charge in [0.15, 0.2) is 6.04 Å². The van der Waals surface area contributed by atoms with Gasteiger partial charge in [0.05, 0.1) is 11.1 Å². The zero-order chi connectivity index (χ0) is 16.2. The lowest BCUT2D eigenvalue weighted by molar-refractivity contribution is -0.141. The van der Waals surface area contributed by atoms with Crippen molar-refractivity contribution in [1.29, 1.82) is 0 Å². The van der Waals surface area contributed by atoms with Gasteiger partial charge in [0.2, 0.25) is 0 Å². The van der Waals surface area contributed by atoms with Crippen LogP contribution in [0, 0.1) is 0 Å². The molecule has 0 aromatic carbocycles. The zero-order valence-electron chi connectivity index (χ0n) is 12.5. The number of hydrogen-bond acceptors (Lipinski definition) is 5. The topological polar surface area (TPSA) is 99.5 Å². The van der Waals surface area contributed by atoms with Crippen molar-refractivity contribution in [3.05, 3.63) is 23.9 Å². The number of aliphatic hydroxyl groups excluding tert-OH is 1. The highest BCUT2D eigenvalue weighted by molar-refractivity contribution is 8.00. The van der Waals surface area contributed by atoms with Crippen molar-refractivity contribution in [3.8, 4) is 0 Å². The van der Waals surface area contributed by atoms with Crippen LogP contribution in [0.15, 0.2) is 23.4 Å². The minimum absolute atomic E-state index is 0.0503. The minimum Gasteiger partial charge on any atom is -0.480 e. The number of nitrogens with zero attached hydrogens (tertiary/aromatic N) is 1. The van der Waals surface area contributed by atoms with E-state index in [1.165, 1.54) is 30.9 Å². The fourth-order valence-electron chi connectivity index (χ4n) is 1.53. The fourth-order valence-corrected chi connectivity index (χ4v) is 2.46. The summed E-state index contributed by atoms with van der Waals surface area (Å²) in [5, 5.41) is 21.3. The molecule has 0 aliphatic carbocycles. The molecule has 1 aromatic rings. The maximum absolute atomic E-state index is 12.1. The SMILES string of the molecule is C[C@H](O)[C@@H](NC(=O)c1ccnc(SC(C)(C)C)c1)C(=O)O. The Morgan fingerprint density at radius 1 is 1.38 bits per heavy atom. The molecule has 21 heavy (non-hydrogen) atoms. The normalized spacial score (nSPS) is 14.3. The fraction of sp³-hybridized carbons (Fsp3) is 0.500. The van der Waals surface area contributed by atoms with Crippen LogP contribution in [-0.4, -0.2) is 44.0 Å². The summed E-state index contributed by atoms with van der Waals surface area (Å²) in [6, 6.07) is 1.76. The summed E-state index contributed by atoms with van der Waals surface area (Å²) in [6.45, 7) is 7.40. The Morgan fingerprint density at radius 2 is 2.00 bits per heavy atom. The molecule has 0 bridgehead atoms. The maximum Gasteiger partial charge on any atom is 0.328 e. The van der Waals surface area contributed by atoms with E-state index < -0.39 is 24.0 Å². The van der Waals surface area contributed by atoms with Crippen LogP contribution in [0.3, 0.4) is 0 Å². The highest BCUT2D eigenvalue weighted by atomic mass is 32.2. The van der Waals surface area contributed by atoms with Crippen molar-refractivity contribution < 1.29 is 19.8 Å². The second-order valence-electron chi connectivity index (χ2n) is 5.63. The molecule has 0 unspecified atom stereocenters. The van der Waals surface area contributed by atoms with Gasteiger partial charge in [0.25, 0.3) is 5.91 Å². The van der Waals surface area contributed by atoms with Crippen LogP contribution in [0.4, 0.5) is 0 Å². The van der Waals surface area contributed by atoms with Gasteiger partial charge in [-0.3, -0.25) is 4.79 Å². The zero-order valence-corrected chi connectivity index (χ0v) is 13.3. The predicted octanol–water partition coefficient (Wildman–Crippen LogP) is 1.54. The lowest BCUT2D eigenvalue weighted by atomic mass is 10.1. The third kappa shape index (κ3) is 5.73. The smallest absolute Gasteiger partial charge is 0.328 e. The second-order valence-corrected chi connectivity index (χ2v) is 7.47. The number of aliphatic hydroxyl groups is 1. The van der Waals surface area contributed by atoms with Crippen molar-refractivity contribution in [2.75, 3.05) is 0 Å². The molecule has 0 aliphatic rings. The number of carbonyl (C=O) groups is 2. The average molecular weight is 312 g/mol. The predicted molar refractivity (Wildman–Crippen MR) is 80.4 cm³/mol. The molecular formula is C14H20N2O4S. The van der Waals surface area contributed by atoms with Crippen LogP contribution >= 0.6 is 11.8 Å². The molecule has 2 atom stereocenters. The van der Waals surface area contributed by atoms with Crippen LogP contribution in [0.5, 0.6) is 0 Å². The van der Waals surface area contributed by atoms with E-state index >= 15 is 0 Å². The molecule has 0 spiro atoms. The molecule has 0 aliphatic heterocycles. The first-order chi connectivity index (χ1) is 9.60. The number of pyridine rings is 1. The molecule has 1 rings (SSSR count). The highest BCUT2D eigenvalue weighted by Crippen LogP contribution is 2.30. The van der Waals surface area contributed by atoms with Gasteiger partial charge >= 0.3 is 5.97 Å². The second kappa shape index (κ2) is 6.91. The van der Waals surface area contributed by atoms with Crippen LogP contribution < -0.4 is 5.32 Å². The van der Waals surface area contributed by atoms with Crippen molar-refractivity contribution in [3.63, 3.8) is 0 Å². The Hall–Kier alpha value is -1.60. The van der Waals surface area contributed by atoms with Gasteiger partial charge in [-0.1, -0.05) is 20.8 Å². The third-order valence-corrected chi connectivity index (χ3v) is 3.49. The summed E-state index contributed by atoms with van der Waals surface area (Å²) >= 11 is 1.51. The summed E-state index contributed by atoms with van der Waals surface area (Å²) in [4.78, 5) is 27.2. The van der Waals surface area contributed by atoms with Crippen LogP contribution in [0.1, 0.15) is 38.1 Å². The van der Waals surface area contributed by atoms with E-state index in [0.29, 0.717) is 10.6 Å². The molecule has 0 saturated heterocycles. The Bertz CT molecular complexity index is 526. The van der Waals surface area contributed by atoms with Gasteiger partial charge in [-0.15, -0.1) is 11.8 Å². The monoisotopic (exact) mass is 312 g/mol. The summed E-state index contributed by atoms with van der Waals surface area (Å²) < 4.78 is -0.0503. The lowest BCUT2D eigenvalue weighted by Crippen LogP contribution is -2.47. The van der Waals surface area contributed by atoms with E-state index in [9.17, 15) is 14.7 Å². The Labute approximate surface area is 128 Å². The number of carboxylic acids is 1. The van der Waals surface area contributed by atoms with Gasteiger partial charge < -0.3 is 15.5 Å². The van der Waals surface area contributed by atoms with Crippen LogP contribution in [0.2, 0.25) is 0 Å². The first kappa shape index (κ1) is 17.5. The van der Waals surface area contributed by atoms with Gasteiger partial charge in [-0.2, -0.15) is 0 Å². The number of amides is 1. The number of carboxylic acid groups (broad SMARTS) is 1. The molecule has 0 fully saturated rings. The first-order valence-electron chi connectivity index (χ1n) is 6.47. The van der Waals surface area contributed by atoms with E-state index in [2.05, 4.69) is 10.3 Å². The molecule has 6 nitrogen and oxygen atoms in total. The number of aromatic nitrogens is 1. The van der Waals surface area contributed by atoms with E-state index in [1.807, 2.05) is 20.8 Å². The number of hydrogen-bond donors (Lipinski definition) is 3. The summed E-state index contributed by atoms with van der Waals surface area (Å²) in [5.41, 5.74) is 0.309. The molecule has 1 heterocycles. The van der Waals surface area contributed by atoms with E-state index in [1.54, 1.807) is 6.07 Å². The van der Waals surface area contributed by atoms with Gasteiger partial charge in [0, 0.05) is 16.5 Å². The first-order valence-corrected chi connectivity index (χ1v) is 7.28. The molecule has 3 N–H and O–H groups in total. The van der Waals surface area contributed by atoms with Crippen molar-refractivity contribution in [2.45, 2.75) is 49.6 Å². The standard InChI is InChI=1S/C14H20N2O4S/c1-8(17)11(13(19)20)16-12(18)9-5-6-15-10(7-9)21-14(2,3)4/h5-8,11,17H,1-4H3,(H,16,18)(H,19,20)/t8-,11+/m0/s1.